The highest BCUT2D eigenvalue weighted by atomic mass is 32.1. The number of esters is 1. The molecule has 0 unspecified atom stereocenters. The predicted octanol–water partition coefficient (Wildman–Crippen LogP) is 3.01. The number of carbonyl (C=O) groups excluding carboxylic acids is 1. The largest absolute Gasteiger partial charge is 0.466 e. The summed E-state index contributed by atoms with van der Waals surface area (Å²) in [5, 5.41) is 3.02. The zero-order valence-electron chi connectivity index (χ0n) is 12.7. The van der Waals surface area contributed by atoms with Crippen LogP contribution in [0.3, 0.4) is 0 Å². The number of hydrogen-bond acceptors (Lipinski definition) is 3. The maximum atomic E-state index is 13.3. The van der Waals surface area contributed by atoms with Gasteiger partial charge in [-0.25, -0.2) is 4.79 Å². The fraction of sp³-hybridized carbons (Fsp3) is 0.333. The minimum Gasteiger partial charge on any atom is -0.466 e. The third-order valence-electron chi connectivity index (χ3n) is 3.74. The second kappa shape index (κ2) is 6.19. The number of allylic oxidation sites excluding steroid dienone is 1. The van der Waals surface area contributed by atoms with Gasteiger partial charge < -0.3 is 15.0 Å². The summed E-state index contributed by atoms with van der Waals surface area (Å²) in [6.07, 6.45) is -4.54. The van der Waals surface area contributed by atoms with Crippen molar-refractivity contribution >= 4 is 23.3 Å². The average Bonchev–Trinajstić information content (AvgIpc) is 2.50. The standard InChI is InChI=1S/C15H15F3N2O2S/c1-8-11(13(21)22-3)12(19-14(23)20(8)2)9-6-4-5-7-10(9)15(16,17)18/h4-7,12H,1-3H3,(H,19,23)/t12-/m0/s1. The molecule has 124 valence electrons. The summed E-state index contributed by atoms with van der Waals surface area (Å²) >= 11 is 5.14. The van der Waals surface area contributed by atoms with E-state index in [4.69, 9.17) is 17.0 Å². The molecule has 0 amide bonds. The van der Waals surface area contributed by atoms with E-state index >= 15 is 0 Å². The van der Waals surface area contributed by atoms with Gasteiger partial charge in [0.25, 0.3) is 0 Å². The molecule has 0 saturated carbocycles. The average molecular weight is 344 g/mol. The first-order valence-corrected chi connectivity index (χ1v) is 7.08. The van der Waals surface area contributed by atoms with Gasteiger partial charge in [-0.3, -0.25) is 0 Å². The van der Waals surface area contributed by atoms with E-state index in [2.05, 4.69) is 5.32 Å². The van der Waals surface area contributed by atoms with E-state index in [1.54, 1.807) is 14.0 Å². The van der Waals surface area contributed by atoms with Gasteiger partial charge in [0.05, 0.1) is 24.3 Å². The van der Waals surface area contributed by atoms with Crippen LogP contribution in [-0.4, -0.2) is 30.1 Å². The fourth-order valence-corrected chi connectivity index (χ4v) is 2.70. The lowest BCUT2D eigenvalue weighted by Gasteiger charge is -2.36. The molecule has 1 atom stereocenters. The number of nitrogens with one attached hydrogen (secondary N) is 1. The van der Waals surface area contributed by atoms with Crippen LogP contribution < -0.4 is 5.32 Å². The van der Waals surface area contributed by atoms with E-state index in [1.165, 1.54) is 30.2 Å². The molecule has 1 N–H and O–H groups in total. The van der Waals surface area contributed by atoms with E-state index in [-0.39, 0.29) is 16.2 Å². The van der Waals surface area contributed by atoms with E-state index in [1.807, 2.05) is 0 Å². The van der Waals surface area contributed by atoms with Crippen LogP contribution in [-0.2, 0) is 15.7 Å². The van der Waals surface area contributed by atoms with Gasteiger partial charge >= 0.3 is 12.1 Å². The summed E-state index contributed by atoms with van der Waals surface area (Å²) in [7, 11) is 2.81. The normalized spacial score (nSPS) is 18.8. The minimum absolute atomic E-state index is 0.0739. The molecular formula is C15H15F3N2O2S. The van der Waals surface area contributed by atoms with Gasteiger partial charge in [0, 0.05) is 12.7 Å². The van der Waals surface area contributed by atoms with Crippen molar-refractivity contribution in [1.29, 1.82) is 0 Å². The van der Waals surface area contributed by atoms with Crippen LogP contribution in [0.1, 0.15) is 24.1 Å². The summed E-state index contributed by atoms with van der Waals surface area (Å²) in [4.78, 5) is 13.6. The predicted molar refractivity (Wildman–Crippen MR) is 82.4 cm³/mol. The fourth-order valence-electron chi connectivity index (χ4n) is 2.45. The van der Waals surface area contributed by atoms with E-state index in [0.29, 0.717) is 5.70 Å². The maximum Gasteiger partial charge on any atom is 0.416 e. The SMILES string of the molecule is COC(=O)C1=C(C)N(C)C(=S)N[C@H]1c1ccccc1C(F)(F)F. The number of hydrogen-bond donors (Lipinski definition) is 1. The molecule has 0 spiro atoms. The van der Waals surface area contributed by atoms with Crippen molar-refractivity contribution in [3.8, 4) is 0 Å². The van der Waals surface area contributed by atoms with Crippen molar-refractivity contribution in [2.75, 3.05) is 14.2 Å². The van der Waals surface area contributed by atoms with Gasteiger partial charge in [-0.05, 0) is 30.8 Å². The first-order chi connectivity index (χ1) is 10.7. The highest BCUT2D eigenvalue weighted by Crippen LogP contribution is 2.39. The van der Waals surface area contributed by atoms with Gasteiger partial charge in [-0.1, -0.05) is 18.2 Å². The quantitative estimate of drug-likeness (QED) is 0.660. The lowest BCUT2D eigenvalue weighted by Crippen LogP contribution is -2.46. The number of rotatable bonds is 2. The molecule has 1 aromatic carbocycles. The first kappa shape index (κ1) is 17.3. The Kier molecular flexibility index (Phi) is 4.65. The monoisotopic (exact) mass is 344 g/mol. The lowest BCUT2D eigenvalue weighted by molar-refractivity contribution is -0.139. The topological polar surface area (TPSA) is 41.6 Å². The van der Waals surface area contributed by atoms with Gasteiger partial charge in [-0.2, -0.15) is 13.2 Å². The second-order valence-corrected chi connectivity index (χ2v) is 5.40. The Bertz CT molecular complexity index is 686. The number of halogens is 3. The molecule has 1 aliphatic rings. The zero-order valence-corrected chi connectivity index (χ0v) is 13.5. The number of carbonyl (C=O) groups is 1. The Hall–Kier alpha value is -2.09. The van der Waals surface area contributed by atoms with Gasteiger partial charge in [-0.15, -0.1) is 0 Å². The van der Waals surface area contributed by atoms with Gasteiger partial charge in [0.2, 0.25) is 0 Å². The van der Waals surface area contributed by atoms with Crippen molar-refractivity contribution in [3.05, 3.63) is 46.7 Å². The van der Waals surface area contributed by atoms with E-state index in [9.17, 15) is 18.0 Å². The van der Waals surface area contributed by atoms with Gasteiger partial charge in [0.1, 0.15) is 0 Å². The van der Waals surface area contributed by atoms with Gasteiger partial charge in [0.15, 0.2) is 5.11 Å². The second-order valence-electron chi connectivity index (χ2n) is 5.02. The minimum atomic E-state index is -4.54. The molecule has 0 radical (unpaired) electrons. The van der Waals surface area contributed by atoms with Crippen LogP contribution in [0.2, 0.25) is 0 Å². The molecule has 8 heteroatoms. The Labute approximate surface area is 136 Å². The third kappa shape index (κ3) is 3.17. The smallest absolute Gasteiger partial charge is 0.416 e. The Morgan fingerprint density at radius 2 is 1.96 bits per heavy atom. The number of nitrogens with zero attached hydrogens (tertiary/aromatic N) is 1. The third-order valence-corrected chi connectivity index (χ3v) is 4.13. The lowest BCUT2D eigenvalue weighted by atomic mass is 9.91. The Morgan fingerprint density at radius 1 is 1.35 bits per heavy atom. The van der Waals surface area contributed by atoms with Crippen LogP contribution in [0.15, 0.2) is 35.5 Å². The molecule has 1 aromatic rings. The number of thiocarbonyl (C=S) groups is 1. The summed E-state index contributed by atoms with van der Waals surface area (Å²) in [6.45, 7) is 1.61. The number of benzene rings is 1. The Balaban J connectivity index is 2.66. The summed E-state index contributed by atoms with van der Waals surface area (Å²) in [5.74, 6) is -0.702. The van der Waals surface area contributed by atoms with Crippen LogP contribution in [0.5, 0.6) is 0 Å². The molecule has 0 aromatic heterocycles. The molecule has 0 bridgehead atoms. The summed E-state index contributed by atoms with van der Waals surface area (Å²) in [5.41, 5.74) is -0.350. The highest BCUT2D eigenvalue weighted by Gasteiger charge is 2.40. The molecular weight excluding hydrogens is 329 g/mol. The number of alkyl halides is 3. The van der Waals surface area contributed by atoms with Crippen LogP contribution in [0.25, 0.3) is 0 Å². The molecule has 0 fully saturated rings. The van der Waals surface area contributed by atoms with Crippen molar-refractivity contribution in [2.24, 2.45) is 0 Å². The van der Waals surface area contributed by atoms with Crippen molar-refractivity contribution < 1.29 is 22.7 Å². The van der Waals surface area contributed by atoms with Crippen LogP contribution in [0, 0.1) is 0 Å². The van der Waals surface area contributed by atoms with Crippen LogP contribution >= 0.6 is 12.2 Å². The zero-order chi connectivity index (χ0) is 17.4. The highest BCUT2D eigenvalue weighted by molar-refractivity contribution is 7.80. The molecule has 0 saturated heterocycles. The molecule has 1 aliphatic heterocycles. The Morgan fingerprint density at radius 3 is 2.52 bits per heavy atom. The molecule has 0 aliphatic carbocycles. The van der Waals surface area contributed by atoms with E-state index in [0.717, 1.165) is 6.07 Å². The number of methoxy groups -OCH3 is 1. The van der Waals surface area contributed by atoms with Crippen molar-refractivity contribution in [2.45, 2.75) is 19.1 Å². The summed E-state index contributed by atoms with van der Waals surface area (Å²) < 4.78 is 44.6. The van der Waals surface area contributed by atoms with E-state index < -0.39 is 23.8 Å². The van der Waals surface area contributed by atoms with Crippen molar-refractivity contribution in [1.82, 2.24) is 10.2 Å². The van der Waals surface area contributed by atoms with Crippen LogP contribution in [0.4, 0.5) is 13.2 Å². The first-order valence-electron chi connectivity index (χ1n) is 6.68. The molecule has 1 heterocycles. The maximum absolute atomic E-state index is 13.3. The van der Waals surface area contributed by atoms with Crippen molar-refractivity contribution in [3.63, 3.8) is 0 Å². The molecule has 23 heavy (non-hydrogen) atoms. The molecule has 4 nitrogen and oxygen atoms in total. The molecule has 2 rings (SSSR count). The number of ether oxygens (including phenoxy) is 1. The summed E-state index contributed by atoms with van der Waals surface area (Å²) in [6, 6.07) is 4.06.